The summed E-state index contributed by atoms with van der Waals surface area (Å²) in [5.41, 5.74) is 1.15. The largest absolute Gasteiger partial charge is 0.508 e. The van der Waals surface area contributed by atoms with Crippen LogP contribution in [0, 0.1) is 0 Å². The molecule has 4 rings (SSSR count). The van der Waals surface area contributed by atoms with Crippen LogP contribution in [-0.4, -0.2) is 37.4 Å². The number of halogens is 1. The Kier molecular flexibility index (Phi) is 5.92. The first kappa shape index (κ1) is 20.3. The predicted octanol–water partition coefficient (Wildman–Crippen LogP) is 3.94. The third-order valence-corrected chi connectivity index (χ3v) is 5.09. The number of hydrogen-bond acceptors (Lipinski definition) is 6. The Morgan fingerprint density at radius 1 is 1.30 bits per heavy atom. The Hall–Kier alpha value is -3.03. The SMILES string of the molecule is COc1ccc(Cl)cc1N=c1oc2cc(O)ccc2cc1C(=O)NC[C@@H]1CCCO1. The molecule has 0 unspecified atom stereocenters. The number of nitrogens with one attached hydrogen (secondary N) is 1. The van der Waals surface area contributed by atoms with E-state index in [1.54, 1.807) is 30.3 Å². The lowest BCUT2D eigenvalue weighted by Gasteiger charge is -2.11. The summed E-state index contributed by atoms with van der Waals surface area (Å²) < 4.78 is 16.8. The topological polar surface area (TPSA) is 93.3 Å². The quantitative estimate of drug-likeness (QED) is 0.642. The van der Waals surface area contributed by atoms with E-state index < -0.39 is 0 Å². The van der Waals surface area contributed by atoms with Crippen LogP contribution in [-0.2, 0) is 4.74 Å². The van der Waals surface area contributed by atoms with Crippen molar-refractivity contribution in [2.24, 2.45) is 4.99 Å². The van der Waals surface area contributed by atoms with Crippen LogP contribution in [0.3, 0.4) is 0 Å². The molecule has 0 aliphatic carbocycles. The van der Waals surface area contributed by atoms with Crippen molar-refractivity contribution in [2.75, 3.05) is 20.3 Å². The summed E-state index contributed by atoms with van der Waals surface area (Å²) in [5.74, 6) is 0.202. The van der Waals surface area contributed by atoms with Crippen LogP contribution in [0.25, 0.3) is 11.0 Å². The highest BCUT2D eigenvalue weighted by Crippen LogP contribution is 2.30. The number of phenolic OH excluding ortho intramolecular Hbond substituents is 1. The molecule has 1 fully saturated rings. The molecule has 30 heavy (non-hydrogen) atoms. The minimum Gasteiger partial charge on any atom is -0.508 e. The van der Waals surface area contributed by atoms with Gasteiger partial charge in [-0.05, 0) is 49.2 Å². The molecular weight excluding hydrogens is 408 g/mol. The van der Waals surface area contributed by atoms with Crippen LogP contribution >= 0.6 is 11.6 Å². The van der Waals surface area contributed by atoms with Crippen LogP contribution < -0.4 is 15.6 Å². The molecule has 2 aromatic carbocycles. The van der Waals surface area contributed by atoms with E-state index in [-0.39, 0.29) is 28.9 Å². The van der Waals surface area contributed by atoms with Crippen LogP contribution in [0.15, 0.2) is 51.9 Å². The van der Waals surface area contributed by atoms with Gasteiger partial charge in [-0.1, -0.05) is 11.6 Å². The van der Waals surface area contributed by atoms with Crippen molar-refractivity contribution in [1.82, 2.24) is 5.32 Å². The van der Waals surface area contributed by atoms with E-state index in [9.17, 15) is 9.90 Å². The van der Waals surface area contributed by atoms with Crippen LogP contribution in [0.1, 0.15) is 23.2 Å². The van der Waals surface area contributed by atoms with Crippen molar-refractivity contribution in [3.63, 3.8) is 0 Å². The second kappa shape index (κ2) is 8.77. The van der Waals surface area contributed by atoms with Gasteiger partial charge in [-0.15, -0.1) is 0 Å². The number of phenols is 1. The normalized spacial score (nSPS) is 16.7. The van der Waals surface area contributed by atoms with Gasteiger partial charge in [-0.3, -0.25) is 4.79 Å². The highest BCUT2D eigenvalue weighted by Gasteiger charge is 2.19. The summed E-state index contributed by atoms with van der Waals surface area (Å²) in [5, 5.41) is 13.8. The zero-order valence-electron chi connectivity index (χ0n) is 16.4. The Morgan fingerprint density at radius 3 is 2.93 bits per heavy atom. The molecular formula is C22H21ClN2O5. The fraction of sp³-hybridized carbons (Fsp3) is 0.273. The van der Waals surface area contributed by atoms with Crippen molar-refractivity contribution < 1.29 is 23.8 Å². The lowest BCUT2D eigenvalue weighted by atomic mass is 10.1. The highest BCUT2D eigenvalue weighted by molar-refractivity contribution is 6.30. The molecule has 2 N–H and O–H groups in total. The van der Waals surface area contributed by atoms with Gasteiger partial charge in [-0.2, -0.15) is 0 Å². The van der Waals surface area contributed by atoms with Crippen molar-refractivity contribution in [2.45, 2.75) is 18.9 Å². The minimum atomic E-state index is -0.330. The van der Waals surface area contributed by atoms with Crippen LogP contribution in [0.5, 0.6) is 11.5 Å². The summed E-state index contributed by atoms with van der Waals surface area (Å²) in [6.45, 7) is 1.12. The lowest BCUT2D eigenvalue weighted by molar-refractivity contribution is 0.0854. The number of carbonyl (C=O) groups is 1. The number of methoxy groups -OCH3 is 1. The second-order valence-corrected chi connectivity index (χ2v) is 7.40. The third kappa shape index (κ3) is 4.42. The number of carbonyl (C=O) groups excluding carboxylic acids is 1. The number of benzene rings is 2. The van der Waals surface area contributed by atoms with E-state index in [1.807, 2.05) is 0 Å². The van der Waals surface area contributed by atoms with Crippen LogP contribution in [0.2, 0.25) is 5.02 Å². The Bertz CT molecular complexity index is 1150. The van der Waals surface area contributed by atoms with E-state index in [0.717, 1.165) is 12.8 Å². The Balaban J connectivity index is 1.80. The molecule has 8 heteroatoms. The molecule has 0 spiro atoms. The fourth-order valence-electron chi connectivity index (χ4n) is 3.32. The standard InChI is InChI=1S/C22H21ClN2O5/c1-28-19-7-5-14(23)10-18(19)25-22-17(21(27)24-12-16-3-2-8-29-16)9-13-4-6-15(26)11-20(13)30-22/h4-7,9-11,16,26H,2-3,8,12H2,1H3,(H,24,27)/t16-/m0/s1. The van der Waals surface area contributed by atoms with Crippen LogP contribution in [0.4, 0.5) is 5.69 Å². The predicted molar refractivity (Wildman–Crippen MR) is 112 cm³/mol. The van der Waals surface area contributed by atoms with Crippen molar-refractivity contribution in [3.05, 3.63) is 58.6 Å². The minimum absolute atomic E-state index is 0.0108. The molecule has 3 aromatic rings. The van der Waals surface area contributed by atoms with Gasteiger partial charge in [-0.25, -0.2) is 4.99 Å². The number of nitrogens with zero attached hydrogens (tertiary/aromatic N) is 1. The average molecular weight is 429 g/mol. The van der Waals surface area contributed by atoms with E-state index in [1.165, 1.54) is 19.2 Å². The van der Waals surface area contributed by atoms with Gasteiger partial charge in [0, 0.05) is 29.6 Å². The van der Waals surface area contributed by atoms with Crippen molar-refractivity contribution in [3.8, 4) is 11.5 Å². The Labute approximate surface area is 177 Å². The number of rotatable bonds is 5. The third-order valence-electron chi connectivity index (χ3n) is 4.86. The van der Waals surface area contributed by atoms with Gasteiger partial charge < -0.3 is 24.3 Å². The van der Waals surface area contributed by atoms with Gasteiger partial charge in [0.1, 0.15) is 28.3 Å². The average Bonchev–Trinajstić information content (AvgIpc) is 3.25. The van der Waals surface area contributed by atoms with Gasteiger partial charge in [0.15, 0.2) is 0 Å². The Morgan fingerprint density at radius 2 is 2.17 bits per heavy atom. The van der Waals surface area contributed by atoms with E-state index in [0.29, 0.717) is 40.6 Å². The first-order chi connectivity index (χ1) is 14.5. The summed E-state index contributed by atoms with van der Waals surface area (Å²) >= 11 is 6.11. The zero-order chi connectivity index (χ0) is 21.1. The van der Waals surface area contributed by atoms with Gasteiger partial charge in [0.25, 0.3) is 5.91 Å². The fourth-order valence-corrected chi connectivity index (χ4v) is 3.49. The van der Waals surface area contributed by atoms with Crippen molar-refractivity contribution in [1.29, 1.82) is 0 Å². The molecule has 0 saturated carbocycles. The molecule has 0 radical (unpaired) electrons. The summed E-state index contributed by atoms with van der Waals surface area (Å²) in [4.78, 5) is 17.5. The number of amides is 1. The van der Waals surface area contributed by atoms with E-state index >= 15 is 0 Å². The van der Waals surface area contributed by atoms with E-state index in [4.69, 9.17) is 25.5 Å². The summed E-state index contributed by atoms with van der Waals surface area (Å²) in [6, 6.07) is 11.3. The maximum absolute atomic E-state index is 13.0. The number of aromatic hydroxyl groups is 1. The highest BCUT2D eigenvalue weighted by atomic mass is 35.5. The molecule has 1 amide bonds. The van der Waals surface area contributed by atoms with Crippen molar-refractivity contribution >= 4 is 34.2 Å². The first-order valence-electron chi connectivity index (χ1n) is 9.58. The zero-order valence-corrected chi connectivity index (χ0v) is 17.1. The van der Waals surface area contributed by atoms with Gasteiger partial charge in [0.2, 0.25) is 5.55 Å². The monoisotopic (exact) mass is 428 g/mol. The molecule has 2 heterocycles. The number of fused-ring (bicyclic) bond motifs is 1. The number of ether oxygens (including phenoxy) is 2. The van der Waals surface area contributed by atoms with E-state index in [2.05, 4.69) is 10.3 Å². The molecule has 1 atom stereocenters. The first-order valence-corrected chi connectivity index (χ1v) is 9.96. The smallest absolute Gasteiger partial charge is 0.256 e. The maximum atomic E-state index is 13.0. The lowest BCUT2D eigenvalue weighted by Crippen LogP contribution is -2.34. The molecule has 0 bridgehead atoms. The molecule has 1 aliphatic rings. The molecule has 1 aliphatic heterocycles. The maximum Gasteiger partial charge on any atom is 0.256 e. The summed E-state index contributed by atoms with van der Waals surface area (Å²) in [7, 11) is 1.52. The second-order valence-electron chi connectivity index (χ2n) is 6.96. The van der Waals surface area contributed by atoms with Gasteiger partial charge in [0.05, 0.1) is 13.2 Å². The summed E-state index contributed by atoms with van der Waals surface area (Å²) in [6.07, 6.45) is 1.92. The molecule has 1 aromatic heterocycles. The molecule has 156 valence electrons. The number of hydrogen-bond donors (Lipinski definition) is 2. The molecule has 7 nitrogen and oxygen atoms in total. The molecule has 1 saturated heterocycles. The van der Waals surface area contributed by atoms with Gasteiger partial charge >= 0.3 is 0 Å².